The minimum absolute atomic E-state index is 0.204. The lowest BCUT2D eigenvalue weighted by Gasteiger charge is -2.44. The first-order valence-corrected chi connectivity index (χ1v) is 10.2. The summed E-state index contributed by atoms with van der Waals surface area (Å²) in [7, 11) is 1.42. The quantitative estimate of drug-likeness (QED) is 0.455. The summed E-state index contributed by atoms with van der Waals surface area (Å²) in [6.45, 7) is 4.02. The molecule has 1 fully saturated rings. The summed E-state index contributed by atoms with van der Waals surface area (Å²) in [5, 5.41) is 13.2. The molecular formula is C21H25N3O3S. The highest BCUT2D eigenvalue weighted by molar-refractivity contribution is 7.15. The third kappa shape index (κ3) is 3.08. The van der Waals surface area contributed by atoms with Gasteiger partial charge in [-0.3, -0.25) is 4.79 Å². The molecule has 0 bridgehead atoms. The van der Waals surface area contributed by atoms with Gasteiger partial charge in [0.2, 0.25) is 0 Å². The van der Waals surface area contributed by atoms with E-state index in [1.54, 1.807) is 0 Å². The van der Waals surface area contributed by atoms with Crippen molar-refractivity contribution in [2.24, 2.45) is 11.3 Å². The summed E-state index contributed by atoms with van der Waals surface area (Å²) in [6, 6.07) is 5.78. The molecule has 1 aliphatic rings. The van der Waals surface area contributed by atoms with Crippen molar-refractivity contribution < 1.29 is 14.6 Å². The first-order chi connectivity index (χ1) is 13.2. The van der Waals surface area contributed by atoms with Crippen LogP contribution in [0, 0.1) is 11.3 Å². The SMILES string of the molecule is COC(=O)C1CCC(O)(c2ncc(-c3c[nH]c4cc(N)ccc34)s2)CC1(C)C. The standard InChI is InChI=1S/C21H25N3O3S/c1-20(2)11-21(26,7-6-15(20)18(25)27-3)19-24-10-17(28-19)14-9-23-16-8-12(22)4-5-13(14)16/h4-5,8-10,15,23,26H,6-7,11,22H2,1-3H3. The third-order valence-electron chi connectivity index (χ3n) is 5.90. The molecule has 1 aliphatic carbocycles. The molecule has 2 aromatic heterocycles. The van der Waals surface area contributed by atoms with Gasteiger partial charge in [0.15, 0.2) is 0 Å². The Morgan fingerprint density at radius 3 is 2.93 bits per heavy atom. The van der Waals surface area contributed by atoms with Crippen LogP contribution in [0.5, 0.6) is 0 Å². The minimum Gasteiger partial charge on any atom is -0.469 e. The van der Waals surface area contributed by atoms with Crippen LogP contribution < -0.4 is 5.73 Å². The maximum Gasteiger partial charge on any atom is 0.309 e. The number of methoxy groups -OCH3 is 1. The normalized spacial score (nSPS) is 24.4. The van der Waals surface area contributed by atoms with E-state index >= 15 is 0 Å². The Labute approximate surface area is 167 Å². The zero-order valence-electron chi connectivity index (χ0n) is 16.3. The maximum atomic E-state index is 12.1. The summed E-state index contributed by atoms with van der Waals surface area (Å²) >= 11 is 1.50. The molecule has 2 unspecified atom stereocenters. The molecule has 4 N–H and O–H groups in total. The minimum atomic E-state index is -1.03. The van der Waals surface area contributed by atoms with Gasteiger partial charge in [0, 0.05) is 34.5 Å². The van der Waals surface area contributed by atoms with E-state index in [4.69, 9.17) is 10.5 Å². The predicted molar refractivity (Wildman–Crippen MR) is 111 cm³/mol. The second-order valence-corrected chi connectivity index (χ2v) is 9.38. The number of ether oxygens (including phenoxy) is 1. The molecule has 0 amide bonds. The Kier molecular flexibility index (Phi) is 4.47. The van der Waals surface area contributed by atoms with Crippen molar-refractivity contribution in [1.82, 2.24) is 9.97 Å². The number of aromatic nitrogens is 2. The number of benzene rings is 1. The fourth-order valence-electron chi connectivity index (χ4n) is 4.46. The fraction of sp³-hybridized carbons (Fsp3) is 0.429. The lowest BCUT2D eigenvalue weighted by atomic mass is 9.63. The van der Waals surface area contributed by atoms with E-state index in [1.807, 2.05) is 44.4 Å². The molecule has 7 heteroatoms. The van der Waals surface area contributed by atoms with Crippen LogP contribution >= 0.6 is 11.3 Å². The summed E-state index contributed by atoms with van der Waals surface area (Å²) in [6.07, 6.45) is 5.31. The lowest BCUT2D eigenvalue weighted by molar-refractivity contribution is -0.157. The van der Waals surface area contributed by atoms with Crippen LogP contribution in [-0.4, -0.2) is 28.2 Å². The number of aromatic amines is 1. The van der Waals surface area contributed by atoms with E-state index in [-0.39, 0.29) is 17.3 Å². The number of nitrogen functional groups attached to an aromatic ring is 1. The zero-order chi connectivity index (χ0) is 20.1. The average molecular weight is 400 g/mol. The topological polar surface area (TPSA) is 101 Å². The number of nitrogens with zero attached hydrogens (tertiary/aromatic N) is 1. The molecule has 1 aromatic carbocycles. The van der Waals surface area contributed by atoms with Crippen molar-refractivity contribution >= 4 is 33.9 Å². The van der Waals surface area contributed by atoms with Gasteiger partial charge < -0.3 is 20.6 Å². The van der Waals surface area contributed by atoms with E-state index in [1.165, 1.54) is 18.4 Å². The van der Waals surface area contributed by atoms with Gasteiger partial charge in [0.05, 0.1) is 17.9 Å². The number of carbonyl (C=O) groups is 1. The molecule has 3 aromatic rings. The Balaban J connectivity index is 1.64. The first-order valence-electron chi connectivity index (χ1n) is 9.37. The molecule has 0 aliphatic heterocycles. The van der Waals surface area contributed by atoms with E-state index in [0.29, 0.717) is 30.0 Å². The second kappa shape index (κ2) is 6.60. The van der Waals surface area contributed by atoms with Crippen molar-refractivity contribution in [3.63, 3.8) is 0 Å². The van der Waals surface area contributed by atoms with Crippen molar-refractivity contribution in [2.45, 2.75) is 38.7 Å². The summed E-state index contributed by atoms with van der Waals surface area (Å²) < 4.78 is 4.96. The van der Waals surface area contributed by atoms with Crippen LogP contribution in [0.25, 0.3) is 21.3 Å². The number of aliphatic hydroxyl groups is 1. The van der Waals surface area contributed by atoms with Crippen molar-refractivity contribution in [3.05, 3.63) is 35.6 Å². The summed E-state index contributed by atoms with van der Waals surface area (Å²) in [5.41, 5.74) is 7.19. The monoisotopic (exact) mass is 399 g/mol. The molecule has 0 radical (unpaired) electrons. The van der Waals surface area contributed by atoms with Crippen LogP contribution in [0.1, 0.15) is 38.1 Å². The molecule has 2 heterocycles. The van der Waals surface area contributed by atoms with Crippen LogP contribution in [0.4, 0.5) is 5.69 Å². The van der Waals surface area contributed by atoms with Crippen molar-refractivity contribution in [1.29, 1.82) is 0 Å². The fourth-order valence-corrected chi connectivity index (χ4v) is 5.52. The lowest BCUT2D eigenvalue weighted by Crippen LogP contribution is -2.45. The molecule has 28 heavy (non-hydrogen) atoms. The Bertz CT molecular complexity index is 1040. The van der Waals surface area contributed by atoms with Gasteiger partial charge in [0.1, 0.15) is 10.6 Å². The van der Waals surface area contributed by atoms with Gasteiger partial charge in [-0.25, -0.2) is 4.98 Å². The number of thiazole rings is 1. The van der Waals surface area contributed by atoms with E-state index in [2.05, 4.69) is 9.97 Å². The van der Waals surface area contributed by atoms with Crippen LogP contribution in [-0.2, 0) is 15.1 Å². The maximum absolute atomic E-state index is 12.1. The number of nitrogens with two attached hydrogens (primary N) is 1. The molecule has 148 valence electrons. The van der Waals surface area contributed by atoms with E-state index < -0.39 is 5.60 Å². The Morgan fingerprint density at radius 1 is 1.43 bits per heavy atom. The van der Waals surface area contributed by atoms with Gasteiger partial charge in [-0.15, -0.1) is 11.3 Å². The number of rotatable bonds is 3. The number of hydrogen-bond acceptors (Lipinski definition) is 6. The van der Waals surface area contributed by atoms with Crippen LogP contribution in [0.3, 0.4) is 0 Å². The molecular weight excluding hydrogens is 374 g/mol. The van der Waals surface area contributed by atoms with E-state index in [9.17, 15) is 9.90 Å². The molecule has 0 saturated heterocycles. The first kappa shape index (κ1) is 19.0. The largest absolute Gasteiger partial charge is 0.469 e. The third-order valence-corrected chi connectivity index (χ3v) is 7.12. The summed E-state index contributed by atoms with van der Waals surface area (Å²) in [4.78, 5) is 20.9. The number of esters is 1. The van der Waals surface area contributed by atoms with Gasteiger partial charge in [-0.05, 0) is 36.8 Å². The molecule has 6 nitrogen and oxygen atoms in total. The van der Waals surface area contributed by atoms with Gasteiger partial charge in [0.25, 0.3) is 0 Å². The molecule has 0 spiro atoms. The van der Waals surface area contributed by atoms with Crippen molar-refractivity contribution in [3.8, 4) is 10.4 Å². The highest BCUT2D eigenvalue weighted by Crippen LogP contribution is 2.51. The number of anilines is 1. The number of hydrogen-bond donors (Lipinski definition) is 3. The molecule has 2 atom stereocenters. The average Bonchev–Trinajstić information content (AvgIpc) is 3.27. The smallest absolute Gasteiger partial charge is 0.309 e. The predicted octanol–water partition coefficient (Wildman–Crippen LogP) is 4.06. The number of fused-ring (bicyclic) bond motifs is 1. The second-order valence-electron chi connectivity index (χ2n) is 8.35. The van der Waals surface area contributed by atoms with Crippen LogP contribution in [0.2, 0.25) is 0 Å². The molecule has 4 rings (SSSR count). The van der Waals surface area contributed by atoms with Crippen LogP contribution in [0.15, 0.2) is 30.6 Å². The number of H-pyrrole nitrogens is 1. The Morgan fingerprint density at radius 2 is 2.21 bits per heavy atom. The molecule has 1 saturated carbocycles. The van der Waals surface area contributed by atoms with Gasteiger partial charge in [-0.1, -0.05) is 19.9 Å². The number of carbonyl (C=O) groups excluding carboxylic acids is 1. The highest BCUT2D eigenvalue weighted by Gasteiger charge is 2.49. The Hall–Kier alpha value is -2.38. The summed E-state index contributed by atoms with van der Waals surface area (Å²) in [5.74, 6) is -0.416. The van der Waals surface area contributed by atoms with Gasteiger partial charge >= 0.3 is 5.97 Å². The zero-order valence-corrected chi connectivity index (χ0v) is 17.1. The van der Waals surface area contributed by atoms with Crippen molar-refractivity contribution in [2.75, 3.05) is 12.8 Å². The number of nitrogens with one attached hydrogen (secondary N) is 1. The highest BCUT2D eigenvalue weighted by atomic mass is 32.1. The van der Waals surface area contributed by atoms with Gasteiger partial charge in [-0.2, -0.15) is 0 Å². The van der Waals surface area contributed by atoms with E-state index in [0.717, 1.165) is 21.3 Å².